The van der Waals surface area contributed by atoms with Crippen LogP contribution in [0.4, 0.5) is 0 Å². The first kappa shape index (κ1) is 16.2. The van der Waals surface area contributed by atoms with Crippen molar-refractivity contribution in [3.05, 3.63) is 70.0 Å². The second-order valence-electron chi connectivity index (χ2n) is 6.18. The summed E-state index contributed by atoms with van der Waals surface area (Å²) in [5, 5.41) is 3.77. The van der Waals surface area contributed by atoms with E-state index in [9.17, 15) is 9.59 Å². The highest BCUT2D eigenvalue weighted by Crippen LogP contribution is 2.32. The molecule has 0 bridgehead atoms. The standard InChI is InChI=1S/C20H18N2O4/c23-19(11-15-10-14-3-1-2-4-16(14)22-20(15)24)21-8-7-13-5-6-17-18(9-13)26-12-25-17/h1-6,9-10H,7-8,11-12H2,(H,21,23)(H,22,24). The fourth-order valence-corrected chi connectivity index (χ4v) is 3.00. The van der Waals surface area contributed by atoms with Crippen molar-refractivity contribution in [1.29, 1.82) is 0 Å². The highest BCUT2D eigenvalue weighted by Gasteiger charge is 2.13. The Morgan fingerprint density at radius 3 is 2.85 bits per heavy atom. The number of nitrogens with one attached hydrogen (secondary N) is 2. The van der Waals surface area contributed by atoms with Crippen molar-refractivity contribution < 1.29 is 14.3 Å². The van der Waals surface area contributed by atoms with Crippen molar-refractivity contribution in [3.63, 3.8) is 0 Å². The van der Waals surface area contributed by atoms with Gasteiger partial charge in [-0.2, -0.15) is 0 Å². The zero-order valence-electron chi connectivity index (χ0n) is 14.1. The van der Waals surface area contributed by atoms with Crippen LogP contribution in [0, 0.1) is 0 Å². The molecule has 6 nitrogen and oxygen atoms in total. The molecule has 0 saturated carbocycles. The van der Waals surface area contributed by atoms with Crippen molar-refractivity contribution in [2.75, 3.05) is 13.3 Å². The summed E-state index contributed by atoms with van der Waals surface area (Å²) in [5.41, 5.74) is 2.06. The van der Waals surface area contributed by atoms with E-state index in [4.69, 9.17) is 9.47 Å². The molecule has 4 rings (SSSR count). The molecule has 0 aliphatic carbocycles. The second-order valence-corrected chi connectivity index (χ2v) is 6.18. The molecule has 132 valence electrons. The molecule has 1 aliphatic rings. The van der Waals surface area contributed by atoms with Gasteiger partial charge in [-0.3, -0.25) is 9.59 Å². The van der Waals surface area contributed by atoms with Crippen LogP contribution < -0.4 is 20.3 Å². The number of fused-ring (bicyclic) bond motifs is 2. The summed E-state index contributed by atoms with van der Waals surface area (Å²) < 4.78 is 10.6. The Hall–Kier alpha value is -3.28. The quantitative estimate of drug-likeness (QED) is 0.739. The van der Waals surface area contributed by atoms with Gasteiger partial charge < -0.3 is 19.8 Å². The minimum atomic E-state index is -0.227. The highest BCUT2D eigenvalue weighted by molar-refractivity contribution is 5.82. The highest BCUT2D eigenvalue weighted by atomic mass is 16.7. The predicted molar refractivity (Wildman–Crippen MR) is 97.6 cm³/mol. The third-order valence-corrected chi connectivity index (χ3v) is 4.35. The van der Waals surface area contributed by atoms with Crippen LogP contribution in [0.2, 0.25) is 0 Å². The summed E-state index contributed by atoms with van der Waals surface area (Å²) in [4.78, 5) is 27.1. The zero-order valence-corrected chi connectivity index (χ0v) is 14.1. The molecule has 0 spiro atoms. The maximum absolute atomic E-state index is 12.2. The van der Waals surface area contributed by atoms with Crippen LogP contribution in [-0.2, 0) is 17.6 Å². The molecule has 2 aromatic carbocycles. The van der Waals surface area contributed by atoms with Crippen LogP contribution in [0.1, 0.15) is 11.1 Å². The second kappa shape index (κ2) is 6.92. The number of pyridine rings is 1. The fourth-order valence-electron chi connectivity index (χ4n) is 3.00. The third-order valence-electron chi connectivity index (χ3n) is 4.35. The van der Waals surface area contributed by atoms with E-state index in [1.807, 2.05) is 42.5 Å². The lowest BCUT2D eigenvalue weighted by Crippen LogP contribution is -2.29. The number of benzene rings is 2. The zero-order chi connectivity index (χ0) is 17.9. The summed E-state index contributed by atoms with van der Waals surface area (Å²) in [5.74, 6) is 1.30. The van der Waals surface area contributed by atoms with Gasteiger partial charge in [0.15, 0.2) is 11.5 Å². The molecule has 1 amide bonds. The molecule has 0 radical (unpaired) electrons. The summed E-state index contributed by atoms with van der Waals surface area (Å²) in [6, 6.07) is 15.0. The van der Waals surface area contributed by atoms with E-state index < -0.39 is 0 Å². The van der Waals surface area contributed by atoms with Crippen molar-refractivity contribution in [1.82, 2.24) is 10.3 Å². The topological polar surface area (TPSA) is 80.4 Å². The molecule has 6 heteroatoms. The SMILES string of the molecule is O=C(Cc1cc2ccccc2[nH]c1=O)NCCc1ccc2c(c1)OCO2. The van der Waals surface area contributed by atoms with Gasteiger partial charge in [-0.1, -0.05) is 24.3 Å². The number of ether oxygens (including phenoxy) is 2. The van der Waals surface area contributed by atoms with Crippen LogP contribution in [0.25, 0.3) is 10.9 Å². The van der Waals surface area contributed by atoms with Gasteiger partial charge in [0, 0.05) is 17.6 Å². The van der Waals surface area contributed by atoms with Crippen LogP contribution >= 0.6 is 0 Å². The van der Waals surface area contributed by atoms with Crippen LogP contribution in [0.15, 0.2) is 53.3 Å². The lowest BCUT2D eigenvalue weighted by atomic mass is 10.1. The summed E-state index contributed by atoms with van der Waals surface area (Å²) in [6.07, 6.45) is 0.734. The number of para-hydroxylation sites is 1. The minimum absolute atomic E-state index is 0.0569. The Kier molecular flexibility index (Phi) is 4.31. The van der Waals surface area contributed by atoms with E-state index in [0.29, 0.717) is 18.5 Å². The van der Waals surface area contributed by atoms with Crippen LogP contribution in [0.3, 0.4) is 0 Å². The van der Waals surface area contributed by atoms with Gasteiger partial charge >= 0.3 is 0 Å². The molecule has 0 unspecified atom stereocenters. The normalized spacial score (nSPS) is 12.3. The Morgan fingerprint density at radius 1 is 1.08 bits per heavy atom. The molecular formula is C20H18N2O4. The number of rotatable bonds is 5. The Labute approximate surface area is 149 Å². The molecule has 0 atom stereocenters. The molecule has 1 aliphatic heterocycles. The van der Waals surface area contributed by atoms with Crippen molar-refractivity contribution in [3.8, 4) is 11.5 Å². The van der Waals surface area contributed by atoms with Gasteiger partial charge in [-0.15, -0.1) is 0 Å². The first-order valence-electron chi connectivity index (χ1n) is 8.45. The largest absolute Gasteiger partial charge is 0.454 e. The van der Waals surface area contributed by atoms with Gasteiger partial charge in [0.2, 0.25) is 12.7 Å². The number of hydrogen-bond donors (Lipinski definition) is 2. The Morgan fingerprint density at radius 2 is 1.92 bits per heavy atom. The molecule has 26 heavy (non-hydrogen) atoms. The van der Waals surface area contributed by atoms with Crippen LogP contribution in [-0.4, -0.2) is 24.2 Å². The Bertz CT molecular complexity index is 1030. The molecule has 0 fully saturated rings. The first-order valence-corrected chi connectivity index (χ1v) is 8.45. The lowest BCUT2D eigenvalue weighted by Gasteiger charge is -2.07. The van der Waals surface area contributed by atoms with Gasteiger partial charge in [-0.05, 0) is 41.6 Å². The molecule has 2 N–H and O–H groups in total. The molecule has 2 heterocycles. The van der Waals surface area contributed by atoms with E-state index in [2.05, 4.69) is 10.3 Å². The third kappa shape index (κ3) is 3.39. The fraction of sp³-hybridized carbons (Fsp3) is 0.200. The number of H-pyrrole nitrogens is 1. The van der Waals surface area contributed by atoms with Crippen molar-refractivity contribution in [2.24, 2.45) is 0 Å². The summed E-state index contributed by atoms with van der Waals surface area (Å²) >= 11 is 0. The van der Waals surface area contributed by atoms with Crippen molar-refractivity contribution in [2.45, 2.75) is 12.8 Å². The number of hydrogen-bond acceptors (Lipinski definition) is 4. The summed E-state index contributed by atoms with van der Waals surface area (Å²) in [6.45, 7) is 0.736. The van der Waals surface area contributed by atoms with Crippen molar-refractivity contribution >= 4 is 16.8 Å². The average Bonchev–Trinajstić information content (AvgIpc) is 3.10. The predicted octanol–water partition coefficient (Wildman–Crippen LogP) is 2.16. The molecule has 1 aromatic heterocycles. The van der Waals surface area contributed by atoms with Gasteiger partial charge in [0.25, 0.3) is 5.56 Å². The first-order chi connectivity index (χ1) is 12.7. The molecule has 3 aromatic rings. The van der Waals surface area contributed by atoms with Crippen LogP contribution in [0.5, 0.6) is 11.5 Å². The van der Waals surface area contributed by atoms with E-state index in [1.165, 1.54) is 0 Å². The van der Waals surface area contributed by atoms with Gasteiger partial charge in [-0.25, -0.2) is 0 Å². The number of aromatic nitrogens is 1. The minimum Gasteiger partial charge on any atom is -0.454 e. The van der Waals surface area contributed by atoms with E-state index >= 15 is 0 Å². The van der Waals surface area contributed by atoms with E-state index in [-0.39, 0.29) is 24.7 Å². The maximum atomic E-state index is 12.2. The molecule has 0 saturated heterocycles. The van der Waals surface area contributed by atoms with E-state index in [0.717, 1.165) is 28.0 Å². The monoisotopic (exact) mass is 350 g/mol. The number of carbonyl (C=O) groups is 1. The number of aromatic amines is 1. The number of amides is 1. The molecular weight excluding hydrogens is 332 g/mol. The average molecular weight is 350 g/mol. The Balaban J connectivity index is 1.35. The van der Waals surface area contributed by atoms with Gasteiger partial charge in [0.05, 0.1) is 6.42 Å². The van der Waals surface area contributed by atoms with Gasteiger partial charge in [0.1, 0.15) is 0 Å². The smallest absolute Gasteiger partial charge is 0.252 e. The maximum Gasteiger partial charge on any atom is 0.252 e. The lowest BCUT2D eigenvalue weighted by molar-refractivity contribution is -0.120. The number of carbonyl (C=O) groups excluding carboxylic acids is 1. The summed E-state index contributed by atoms with van der Waals surface area (Å²) in [7, 11) is 0. The van der Waals surface area contributed by atoms with E-state index in [1.54, 1.807) is 6.07 Å².